The molecule has 3 N–H and O–H groups in total. The Bertz CT molecular complexity index is 382. The maximum absolute atomic E-state index is 5.77. The Hall–Kier alpha value is -0.860. The Balaban J connectivity index is 2.14. The minimum Gasteiger partial charge on any atom is -0.271 e. The van der Waals surface area contributed by atoms with Gasteiger partial charge in [-0.25, -0.2) is 0 Å². The number of rotatable bonds is 6. The first-order valence-corrected chi connectivity index (χ1v) is 7.16. The molecule has 0 aromatic heterocycles. The van der Waals surface area contributed by atoms with Gasteiger partial charge in [0.15, 0.2) is 0 Å². The summed E-state index contributed by atoms with van der Waals surface area (Å²) in [4.78, 5) is 0. The van der Waals surface area contributed by atoms with Gasteiger partial charge in [-0.05, 0) is 48.1 Å². The van der Waals surface area contributed by atoms with Crippen molar-refractivity contribution in [3.63, 3.8) is 0 Å². The van der Waals surface area contributed by atoms with E-state index in [2.05, 4.69) is 50.5 Å². The highest BCUT2D eigenvalue weighted by Crippen LogP contribution is 2.42. The quantitative estimate of drug-likeness (QED) is 0.596. The lowest BCUT2D eigenvalue weighted by Gasteiger charge is -2.24. The lowest BCUT2D eigenvalue weighted by Crippen LogP contribution is -2.33. The minimum atomic E-state index is 0.296. The van der Waals surface area contributed by atoms with Gasteiger partial charge in [0.25, 0.3) is 0 Å². The van der Waals surface area contributed by atoms with Crippen LogP contribution in [0.25, 0.3) is 0 Å². The molecule has 1 aromatic carbocycles. The number of hydrogen-bond donors (Lipinski definition) is 2. The number of benzene rings is 1. The Morgan fingerprint density at radius 3 is 2.56 bits per heavy atom. The second-order valence-corrected chi connectivity index (χ2v) is 6.18. The maximum atomic E-state index is 5.77. The number of hydrogen-bond acceptors (Lipinski definition) is 2. The lowest BCUT2D eigenvalue weighted by atomic mass is 9.89. The van der Waals surface area contributed by atoms with Crippen LogP contribution in [0.2, 0.25) is 0 Å². The molecule has 0 heterocycles. The molecule has 0 amide bonds. The van der Waals surface area contributed by atoms with E-state index < -0.39 is 0 Å². The molecule has 2 nitrogen and oxygen atoms in total. The fourth-order valence-electron chi connectivity index (χ4n) is 2.83. The summed E-state index contributed by atoms with van der Waals surface area (Å²) in [7, 11) is 0. The lowest BCUT2D eigenvalue weighted by molar-refractivity contribution is 0.354. The molecule has 2 rings (SSSR count). The van der Waals surface area contributed by atoms with E-state index in [1.165, 1.54) is 24.0 Å². The highest BCUT2D eigenvalue weighted by molar-refractivity contribution is 5.27. The molecule has 0 radical (unpaired) electrons. The maximum Gasteiger partial charge on any atom is 0.0488 e. The second-order valence-electron chi connectivity index (χ2n) is 6.18. The first kappa shape index (κ1) is 13.6. The third-order valence-electron chi connectivity index (χ3n) is 4.03. The van der Waals surface area contributed by atoms with Gasteiger partial charge in [-0.3, -0.25) is 11.3 Å². The number of hydrazine groups is 1. The molecule has 1 aliphatic rings. The molecule has 100 valence electrons. The molecule has 18 heavy (non-hydrogen) atoms. The highest BCUT2D eigenvalue weighted by Gasteiger charge is 2.33. The van der Waals surface area contributed by atoms with Gasteiger partial charge in [0.1, 0.15) is 0 Å². The van der Waals surface area contributed by atoms with Gasteiger partial charge in [0.2, 0.25) is 0 Å². The zero-order valence-electron chi connectivity index (χ0n) is 11.8. The molecule has 1 aliphatic carbocycles. The van der Waals surface area contributed by atoms with Gasteiger partial charge in [0, 0.05) is 6.04 Å². The number of nitrogens with two attached hydrogens (primary N) is 1. The van der Waals surface area contributed by atoms with Crippen molar-refractivity contribution in [2.75, 3.05) is 0 Å². The van der Waals surface area contributed by atoms with Crippen LogP contribution < -0.4 is 11.3 Å². The molecule has 1 saturated carbocycles. The van der Waals surface area contributed by atoms with E-state index in [-0.39, 0.29) is 0 Å². The molecular weight excluding hydrogens is 220 g/mol. The Morgan fingerprint density at radius 2 is 2.00 bits per heavy atom. The Kier molecular flexibility index (Phi) is 4.41. The van der Waals surface area contributed by atoms with Crippen LogP contribution in [-0.2, 0) is 6.42 Å². The standard InChI is InChI=1S/C16H26N2/c1-11(2)9-13-5-4-6-15(10-13)16(18-17)12(3)14-7-8-14/h4-6,10-12,14,16,18H,7-9,17H2,1-3H3. The summed E-state index contributed by atoms with van der Waals surface area (Å²) in [5.41, 5.74) is 5.78. The van der Waals surface area contributed by atoms with Crippen LogP contribution in [0, 0.1) is 17.8 Å². The van der Waals surface area contributed by atoms with Crippen molar-refractivity contribution in [2.24, 2.45) is 23.6 Å². The third kappa shape index (κ3) is 3.33. The summed E-state index contributed by atoms with van der Waals surface area (Å²) in [5.74, 6) is 7.96. The van der Waals surface area contributed by atoms with Gasteiger partial charge in [0.05, 0.1) is 0 Å². The summed E-state index contributed by atoms with van der Waals surface area (Å²) in [6, 6.07) is 9.21. The minimum absolute atomic E-state index is 0.296. The first-order valence-electron chi connectivity index (χ1n) is 7.16. The normalized spacial score (nSPS) is 18.9. The van der Waals surface area contributed by atoms with Crippen LogP contribution in [0.4, 0.5) is 0 Å². The van der Waals surface area contributed by atoms with Crippen molar-refractivity contribution in [1.82, 2.24) is 5.43 Å². The Labute approximate surface area is 111 Å². The second kappa shape index (κ2) is 5.85. The predicted octanol–water partition coefficient (Wildman–Crippen LogP) is 3.44. The molecule has 2 unspecified atom stereocenters. The van der Waals surface area contributed by atoms with Crippen molar-refractivity contribution in [3.8, 4) is 0 Å². The average molecular weight is 246 g/mol. The van der Waals surface area contributed by atoms with Crippen molar-refractivity contribution >= 4 is 0 Å². The smallest absolute Gasteiger partial charge is 0.0488 e. The van der Waals surface area contributed by atoms with Crippen LogP contribution in [0.15, 0.2) is 24.3 Å². The largest absolute Gasteiger partial charge is 0.271 e. The molecule has 2 atom stereocenters. The molecule has 0 aliphatic heterocycles. The Morgan fingerprint density at radius 1 is 1.28 bits per heavy atom. The summed E-state index contributed by atoms with van der Waals surface area (Å²) in [6.45, 7) is 6.84. The SMILES string of the molecule is CC(C)Cc1cccc(C(NN)C(C)C2CC2)c1. The van der Waals surface area contributed by atoms with Crippen molar-refractivity contribution in [1.29, 1.82) is 0 Å². The van der Waals surface area contributed by atoms with E-state index in [0.29, 0.717) is 17.9 Å². The fourth-order valence-corrected chi connectivity index (χ4v) is 2.83. The van der Waals surface area contributed by atoms with Crippen LogP contribution in [0.3, 0.4) is 0 Å². The summed E-state index contributed by atoms with van der Waals surface area (Å²) >= 11 is 0. The van der Waals surface area contributed by atoms with E-state index in [9.17, 15) is 0 Å². The van der Waals surface area contributed by atoms with E-state index in [4.69, 9.17) is 5.84 Å². The first-order chi connectivity index (χ1) is 8.61. The van der Waals surface area contributed by atoms with Gasteiger partial charge in [-0.15, -0.1) is 0 Å². The van der Waals surface area contributed by atoms with Crippen LogP contribution >= 0.6 is 0 Å². The molecule has 0 bridgehead atoms. The van der Waals surface area contributed by atoms with Crippen LogP contribution in [0.1, 0.15) is 50.8 Å². The average Bonchev–Trinajstić information content (AvgIpc) is 3.13. The molecule has 1 aromatic rings. The predicted molar refractivity (Wildman–Crippen MR) is 76.9 cm³/mol. The van der Waals surface area contributed by atoms with Gasteiger partial charge in [-0.2, -0.15) is 0 Å². The van der Waals surface area contributed by atoms with Crippen molar-refractivity contribution in [2.45, 2.75) is 46.1 Å². The van der Waals surface area contributed by atoms with Gasteiger partial charge >= 0.3 is 0 Å². The zero-order chi connectivity index (χ0) is 13.1. The molecule has 2 heteroatoms. The zero-order valence-corrected chi connectivity index (χ0v) is 11.8. The molecule has 1 fully saturated rings. The van der Waals surface area contributed by atoms with Gasteiger partial charge in [-0.1, -0.05) is 45.0 Å². The number of nitrogens with one attached hydrogen (secondary N) is 1. The van der Waals surface area contributed by atoms with E-state index >= 15 is 0 Å². The van der Waals surface area contributed by atoms with Gasteiger partial charge < -0.3 is 0 Å². The molecular formula is C16H26N2. The van der Waals surface area contributed by atoms with E-state index in [1.807, 2.05) is 0 Å². The van der Waals surface area contributed by atoms with E-state index in [0.717, 1.165) is 12.3 Å². The topological polar surface area (TPSA) is 38.0 Å². The molecule has 0 spiro atoms. The summed E-state index contributed by atoms with van der Waals surface area (Å²) in [5, 5.41) is 0. The third-order valence-corrected chi connectivity index (χ3v) is 4.03. The monoisotopic (exact) mass is 246 g/mol. The highest BCUT2D eigenvalue weighted by atomic mass is 15.2. The van der Waals surface area contributed by atoms with Crippen LogP contribution in [0.5, 0.6) is 0 Å². The van der Waals surface area contributed by atoms with Crippen molar-refractivity contribution in [3.05, 3.63) is 35.4 Å². The summed E-state index contributed by atoms with van der Waals surface area (Å²) < 4.78 is 0. The fraction of sp³-hybridized carbons (Fsp3) is 0.625. The van der Waals surface area contributed by atoms with E-state index in [1.54, 1.807) is 0 Å². The van der Waals surface area contributed by atoms with Crippen LogP contribution in [-0.4, -0.2) is 0 Å². The van der Waals surface area contributed by atoms with Crippen molar-refractivity contribution < 1.29 is 0 Å². The molecule has 0 saturated heterocycles. The summed E-state index contributed by atoms with van der Waals surface area (Å²) in [6.07, 6.45) is 3.87.